The van der Waals surface area contributed by atoms with Crippen LogP contribution in [0.4, 0.5) is 5.82 Å². The van der Waals surface area contributed by atoms with Gasteiger partial charge in [0.05, 0.1) is 11.9 Å². The van der Waals surface area contributed by atoms with Gasteiger partial charge in [0.25, 0.3) is 0 Å². The molecule has 25 heavy (non-hydrogen) atoms. The molecule has 6 N–H and O–H groups in total. The lowest BCUT2D eigenvalue weighted by molar-refractivity contribution is 0.0998. The first-order chi connectivity index (χ1) is 12.1. The maximum atomic E-state index is 11.9. The molecule has 124 valence electrons. The van der Waals surface area contributed by atoms with Gasteiger partial charge in [0.15, 0.2) is 17.5 Å². The molecule has 7 nitrogen and oxygen atoms in total. The quantitative estimate of drug-likeness (QED) is 0.495. The van der Waals surface area contributed by atoms with Gasteiger partial charge in [0.2, 0.25) is 0 Å². The maximum absolute atomic E-state index is 11.9. The summed E-state index contributed by atoms with van der Waals surface area (Å²) in [5.41, 5.74) is 19.6. The molecule has 1 amide bonds. The number of nitrogen functional groups attached to an aromatic ring is 1. The fraction of sp³-hybridized carbons (Fsp3) is 0. The van der Waals surface area contributed by atoms with Gasteiger partial charge in [-0.2, -0.15) is 4.99 Å². The number of aromatic nitrogens is 2. The molecule has 3 aromatic rings. The third-order valence-electron chi connectivity index (χ3n) is 3.52. The molecule has 0 unspecified atom stereocenters. The van der Waals surface area contributed by atoms with Crippen molar-refractivity contribution >= 4 is 17.7 Å². The summed E-state index contributed by atoms with van der Waals surface area (Å²) in [6.07, 6.45) is 1.48. The number of nitrogens with two attached hydrogens (primary N) is 3. The van der Waals surface area contributed by atoms with Crippen LogP contribution in [0, 0.1) is 0 Å². The average Bonchev–Trinajstić information content (AvgIpc) is 2.61. The SMILES string of the molecule is NC(N)=NC(=O)c1ncc(-c2ccccc2-c2ccccc2)nc1N. The van der Waals surface area contributed by atoms with Gasteiger partial charge in [0, 0.05) is 5.56 Å². The average molecular weight is 332 g/mol. The van der Waals surface area contributed by atoms with E-state index in [0.29, 0.717) is 5.69 Å². The summed E-state index contributed by atoms with van der Waals surface area (Å²) in [5, 5.41) is 0. The van der Waals surface area contributed by atoms with Crippen LogP contribution in [0.5, 0.6) is 0 Å². The van der Waals surface area contributed by atoms with Crippen LogP contribution < -0.4 is 17.2 Å². The molecular weight excluding hydrogens is 316 g/mol. The Bertz CT molecular complexity index is 949. The third kappa shape index (κ3) is 3.45. The normalized spacial score (nSPS) is 10.2. The van der Waals surface area contributed by atoms with Gasteiger partial charge in [-0.05, 0) is 11.1 Å². The molecule has 0 spiro atoms. The lowest BCUT2D eigenvalue weighted by atomic mass is 9.98. The zero-order valence-electron chi connectivity index (χ0n) is 13.3. The van der Waals surface area contributed by atoms with Gasteiger partial charge in [-0.25, -0.2) is 9.97 Å². The second-order valence-corrected chi connectivity index (χ2v) is 5.24. The molecule has 3 rings (SSSR count). The minimum absolute atomic E-state index is 0.0321. The summed E-state index contributed by atoms with van der Waals surface area (Å²) in [6.45, 7) is 0. The standard InChI is InChI=1S/C18H16N6O/c19-16-15(17(25)24-18(20)21)22-10-14(23-16)13-9-5-4-8-12(13)11-6-2-1-3-7-11/h1-10H,(H2,19,23)(H4,20,21,24,25). The highest BCUT2D eigenvalue weighted by molar-refractivity contribution is 6.03. The van der Waals surface area contributed by atoms with Crippen LogP contribution in [0.1, 0.15) is 10.5 Å². The molecule has 0 fully saturated rings. The number of hydrogen-bond acceptors (Lipinski definition) is 4. The van der Waals surface area contributed by atoms with E-state index in [-0.39, 0.29) is 17.5 Å². The van der Waals surface area contributed by atoms with E-state index in [1.807, 2.05) is 54.6 Å². The predicted molar refractivity (Wildman–Crippen MR) is 97.5 cm³/mol. The first-order valence-electron chi connectivity index (χ1n) is 7.47. The van der Waals surface area contributed by atoms with E-state index >= 15 is 0 Å². The van der Waals surface area contributed by atoms with Crippen LogP contribution in [-0.2, 0) is 0 Å². The molecule has 1 heterocycles. The molecule has 0 aliphatic rings. The van der Waals surface area contributed by atoms with E-state index in [0.717, 1.165) is 16.7 Å². The molecule has 1 aromatic heterocycles. The molecule has 0 aliphatic heterocycles. The smallest absolute Gasteiger partial charge is 0.302 e. The van der Waals surface area contributed by atoms with Crippen molar-refractivity contribution in [3.8, 4) is 22.4 Å². The van der Waals surface area contributed by atoms with Crippen molar-refractivity contribution < 1.29 is 4.79 Å². The highest BCUT2D eigenvalue weighted by Crippen LogP contribution is 2.31. The molecule has 0 bridgehead atoms. The Hall–Kier alpha value is -3.74. The number of amides is 1. The zero-order valence-corrected chi connectivity index (χ0v) is 13.3. The van der Waals surface area contributed by atoms with Crippen molar-refractivity contribution in [2.75, 3.05) is 5.73 Å². The topological polar surface area (TPSA) is 133 Å². The van der Waals surface area contributed by atoms with Gasteiger partial charge in [-0.3, -0.25) is 4.79 Å². The van der Waals surface area contributed by atoms with Crippen LogP contribution in [0.2, 0.25) is 0 Å². The lowest BCUT2D eigenvalue weighted by Gasteiger charge is -2.10. The summed E-state index contributed by atoms with van der Waals surface area (Å²) >= 11 is 0. The minimum Gasteiger partial charge on any atom is -0.382 e. The monoisotopic (exact) mass is 332 g/mol. The number of anilines is 1. The number of aliphatic imine (C=N–C) groups is 1. The van der Waals surface area contributed by atoms with Gasteiger partial charge in [0.1, 0.15) is 0 Å². The fourth-order valence-electron chi connectivity index (χ4n) is 2.44. The van der Waals surface area contributed by atoms with E-state index in [9.17, 15) is 4.79 Å². The Kier molecular flexibility index (Phi) is 4.38. The van der Waals surface area contributed by atoms with Crippen molar-refractivity contribution in [3.05, 3.63) is 66.5 Å². The van der Waals surface area contributed by atoms with Crippen molar-refractivity contribution in [2.45, 2.75) is 0 Å². The number of carbonyl (C=O) groups is 1. The summed E-state index contributed by atoms with van der Waals surface area (Å²) < 4.78 is 0. The highest BCUT2D eigenvalue weighted by Gasteiger charge is 2.15. The zero-order chi connectivity index (χ0) is 17.8. The number of hydrogen-bond donors (Lipinski definition) is 3. The van der Waals surface area contributed by atoms with Gasteiger partial charge in [-0.15, -0.1) is 0 Å². The van der Waals surface area contributed by atoms with Crippen molar-refractivity contribution in [1.29, 1.82) is 0 Å². The molecule has 0 saturated heterocycles. The third-order valence-corrected chi connectivity index (χ3v) is 3.52. The largest absolute Gasteiger partial charge is 0.382 e. The molecule has 0 radical (unpaired) electrons. The van der Waals surface area contributed by atoms with E-state index < -0.39 is 5.91 Å². The first-order valence-corrected chi connectivity index (χ1v) is 7.47. The fourth-order valence-corrected chi connectivity index (χ4v) is 2.44. The minimum atomic E-state index is -0.729. The van der Waals surface area contributed by atoms with E-state index in [2.05, 4.69) is 15.0 Å². The van der Waals surface area contributed by atoms with Gasteiger partial charge < -0.3 is 17.2 Å². The Labute approximate surface area is 144 Å². The second-order valence-electron chi connectivity index (χ2n) is 5.24. The van der Waals surface area contributed by atoms with Crippen LogP contribution >= 0.6 is 0 Å². The van der Waals surface area contributed by atoms with E-state index in [1.165, 1.54) is 6.20 Å². The number of carbonyl (C=O) groups excluding carboxylic acids is 1. The molecule has 7 heteroatoms. The van der Waals surface area contributed by atoms with Gasteiger partial charge >= 0.3 is 5.91 Å². The second kappa shape index (κ2) is 6.79. The first kappa shape index (κ1) is 16.1. The molecule has 2 aromatic carbocycles. The molecule has 0 aliphatic carbocycles. The number of nitrogens with zero attached hydrogens (tertiary/aromatic N) is 3. The van der Waals surface area contributed by atoms with Gasteiger partial charge in [-0.1, -0.05) is 54.6 Å². The van der Waals surface area contributed by atoms with Crippen LogP contribution in [0.25, 0.3) is 22.4 Å². The van der Waals surface area contributed by atoms with E-state index in [4.69, 9.17) is 17.2 Å². The highest BCUT2D eigenvalue weighted by atomic mass is 16.1. The van der Waals surface area contributed by atoms with Crippen LogP contribution in [-0.4, -0.2) is 21.8 Å². The maximum Gasteiger partial charge on any atom is 0.302 e. The van der Waals surface area contributed by atoms with Crippen molar-refractivity contribution in [2.24, 2.45) is 16.5 Å². The summed E-state index contributed by atoms with van der Waals surface area (Å²) in [6, 6.07) is 17.6. The van der Waals surface area contributed by atoms with Crippen molar-refractivity contribution in [3.63, 3.8) is 0 Å². The number of benzene rings is 2. The number of guanidine groups is 1. The Morgan fingerprint density at radius 1 is 0.920 bits per heavy atom. The van der Waals surface area contributed by atoms with Crippen LogP contribution in [0.3, 0.4) is 0 Å². The molecule has 0 atom stereocenters. The summed E-state index contributed by atoms with van der Waals surface area (Å²) in [7, 11) is 0. The number of rotatable bonds is 3. The Balaban J connectivity index is 2.06. The molecular formula is C18H16N6O. The Morgan fingerprint density at radius 3 is 2.20 bits per heavy atom. The summed E-state index contributed by atoms with van der Waals surface area (Å²) in [4.78, 5) is 23.7. The van der Waals surface area contributed by atoms with Crippen LogP contribution in [0.15, 0.2) is 65.8 Å². The lowest BCUT2D eigenvalue weighted by Crippen LogP contribution is -2.24. The van der Waals surface area contributed by atoms with E-state index in [1.54, 1.807) is 0 Å². The van der Waals surface area contributed by atoms with Crippen molar-refractivity contribution in [1.82, 2.24) is 9.97 Å². The summed E-state index contributed by atoms with van der Waals surface area (Å²) in [5.74, 6) is -1.12. The predicted octanol–water partition coefficient (Wildman–Crippen LogP) is 1.81. The molecule has 0 saturated carbocycles. The Morgan fingerprint density at radius 2 is 1.56 bits per heavy atom.